The Bertz CT molecular complexity index is 1280. The number of H-pyrrole nitrogens is 1. The van der Waals surface area contributed by atoms with Crippen LogP contribution in [-0.2, 0) is 0 Å². The second-order valence-corrected chi connectivity index (χ2v) is 6.25. The summed E-state index contributed by atoms with van der Waals surface area (Å²) in [5.74, 6) is 0.443. The number of aromatic amines is 1. The average Bonchev–Trinajstić information content (AvgIpc) is 3.12. The maximum absolute atomic E-state index is 12.8. The summed E-state index contributed by atoms with van der Waals surface area (Å²) < 4.78 is 11.9. The van der Waals surface area contributed by atoms with Crippen molar-refractivity contribution in [3.05, 3.63) is 57.5 Å². The molecule has 10 heteroatoms. The van der Waals surface area contributed by atoms with Gasteiger partial charge in [-0.3, -0.25) is 9.59 Å². The van der Waals surface area contributed by atoms with Crippen LogP contribution in [0.5, 0.6) is 11.5 Å². The molecule has 9 nitrogen and oxygen atoms in total. The molecule has 142 valence electrons. The number of nitrogens with one attached hydrogen (secondary N) is 2. The van der Waals surface area contributed by atoms with Crippen molar-refractivity contribution < 1.29 is 14.3 Å². The highest BCUT2D eigenvalue weighted by Gasteiger charge is 2.20. The summed E-state index contributed by atoms with van der Waals surface area (Å²) in [7, 11) is 3.01. The van der Waals surface area contributed by atoms with Gasteiger partial charge >= 0.3 is 0 Å². The van der Waals surface area contributed by atoms with E-state index in [4.69, 9.17) is 21.1 Å². The number of fused-ring (bicyclic) bond motifs is 3. The van der Waals surface area contributed by atoms with Gasteiger partial charge in [-0.1, -0.05) is 11.6 Å². The van der Waals surface area contributed by atoms with Crippen molar-refractivity contribution in [3.63, 3.8) is 0 Å². The molecule has 0 aliphatic carbocycles. The summed E-state index contributed by atoms with van der Waals surface area (Å²) in [6.07, 6.45) is 0. The number of nitrogens with zero attached hydrogens (tertiary/aromatic N) is 3. The third-order valence-electron chi connectivity index (χ3n) is 4.19. The van der Waals surface area contributed by atoms with E-state index in [1.165, 1.54) is 24.8 Å². The molecule has 0 atom stereocenters. The quantitative estimate of drug-likeness (QED) is 0.545. The Morgan fingerprint density at radius 3 is 2.75 bits per heavy atom. The van der Waals surface area contributed by atoms with E-state index in [1.54, 1.807) is 30.3 Å². The number of hydrogen-bond donors (Lipinski definition) is 2. The number of amides is 1. The standard InChI is InChI=1S/C18H14ClN5O4/c1-27-10-4-5-12(14(8-10)28-2)20-18(26)15-16-21-17(25)11-7-9(19)3-6-13(11)24(16)23-22-15/h3-8,23H,1-2H3,(H,20,26). The maximum Gasteiger partial charge on any atom is 0.281 e. The molecule has 0 saturated heterocycles. The van der Waals surface area contributed by atoms with Crippen LogP contribution in [0.1, 0.15) is 10.5 Å². The molecular formula is C18H14ClN5O4. The van der Waals surface area contributed by atoms with Gasteiger partial charge in [0.15, 0.2) is 11.3 Å². The fourth-order valence-corrected chi connectivity index (χ4v) is 3.01. The summed E-state index contributed by atoms with van der Waals surface area (Å²) >= 11 is 5.95. The molecular weight excluding hydrogens is 386 g/mol. The SMILES string of the molecule is COc1ccc(NC(=O)c2n[nH]n3c2nc(=O)c2cc(Cl)ccc23)c(OC)c1. The van der Waals surface area contributed by atoms with Crippen molar-refractivity contribution in [2.75, 3.05) is 19.5 Å². The van der Waals surface area contributed by atoms with E-state index in [9.17, 15) is 9.59 Å². The van der Waals surface area contributed by atoms with Crippen LogP contribution >= 0.6 is 11.6 Å². The van der Waals surface area contributed by atoms with Gasteiger partial charge < -0.3 is 14.8 Å². The number of halogens is 1. The van der Waals surface area contributed by atoms with E-state index < -0.39 is 11.5 Å². The molecule has 0 aliphatic rings. The van der Waals surface area contributed by atoms with Crippen LogP contribution in [0.2, 0.25) is 5.02 Å². The fraction of sp³-hybridized carbons (Fsp3) is 0.111. The zero-order valence-corrected chi connectivity index (χ0v) is 15.6. The largest absolute Gasteiger partial charge is 0.497 e. The number of benzene rings is 2. The van der Waals surface area contributed by atoms with Gasteiger partial charge in [-0.15, -0.1) is 5.10 Å². The van der Waals surface area contributed by atoms with E-state index in [-0.39, 0.29) is 11.3 Å². The first kappa shape index (κ1) is 17.8. The normalized spacial score (nSPS) is 11.0. The van der Waals surface area contributed by atoms with Crippen molar-refractivity contribution in [2.24, 2.45) is 0 Å². The van der Waals surface area contributed by atoms with Crippen LogP contribution in [0.25, 0.3) is 16.6 Å². The van der Waals surface area contributed by atoms with Gasteiger partial charge in [0.2, 0.25) is 0 Å². The second-order valence-electron chi connectivity index (χ2n) is 5.82. The lowest BCUT2D eigenvalue weighted by Gasteiger charge is -2.10. The number of methoxy groups -OCH3 is 2. The van der Waals surface area contributed by atoms with Gasteiger partial charge in [-0.25, -0.2) is 9.73 Å². The van der Waals surface area contributed by atoms with E-state index in [0.717, 1.165) is 0 Å². The summed E-state index contributed by atoms with van der Waals surface area (Å²) in [5.41, 5.74) is 0.490. The number of carbonyl (C=O) groups is 1. The molecule has 0 bridgehead atoms. The molecule has 1 amide bonds. The first-order valence-electron chi connectivity index (χ1n) is 8.11. The third-order valence-corrected chi connectivity index (χ3v) is 4.43. The number of ether oxygens (including phenoxy) is 2. The van der Waals surface area contributed by atoms with Crippen LogP contribution in [0.15, 0.2) is 41.2 Å². The Balaban J connectivity index is 1.78. The van der Waals surface area contributed by atoms with Gasteiger partial charge in [0.05, 0.1) is 30.8 Å². The molecule has 0 saturated carbocycles. The molecule has 2 aromatic heterocycles. The molecule has 0 unspecified atom stereocenters. The molecule has 0 fully saturated rings. The van der Waals surface area contributed by atoms with Crippen LogP contribution in [-0.4, -0.2) is 39.9 Å². The lowest BCUT2D eigenvalue weighted by Crippen LogP contribution is -2.16. The first-order valence-corrected chi connectivity index (χ1v) is 8.49. The highest BCUT2D eigenvalue weighted by Crippen LogP contribution is 2.29. The van der Waals surface area contributed by atoms with Crippen molar-refractivity contribution in [3.8, 4) is 11.5 Å². The van der Waals surface area contributed by atoms with Crippen molar-refractivity contribution in [1.29, 1.82) is 0 Å². The van der Waals surface area contributed by atoms with Gasteiger partial charge in [0.25, 0.3) is 11.5 Å². The maximum atomic E-state index is 12.8. The molecule has 28 heavy (non-hydrogen) atoms. The monoisotopic (exact) mass is 399 g/mol. The van der Waals surface area contributed by atoms with Crippen LogP contribution in [0.3, 0.4) is 0 Å². The second kappa shape index (κ2) is 6.86. The lowest BCUT2D eigenvalue weighted by atomic mass is 10.2. The van der Waals surface area contributed by atoms with Gasteiger partial charge in [-0.2, -0.15) is 4.98 Å². The van der Waals surface area contributed by atoms with Gasteiger partial charge in [0.1, 0.15) is 11.5 Å². The van der Waals surface area contributed by atoms with Crippen molar-refractivity contribution in [2.45, 2.75) is 0 Å². The lowest BCUT2D eigenvalue weighted by molar-refractivity contribution is 0.102. The molecule has 2 aromatic carbocycles. The van der Waals surface area contributed by atoms with E-state index >= 15 is 0 Å². The number of carbonyl (C=O) groups excluding carboxylic acids is 1. The highest BCUT2D eigenvalue weighted by molar-refractivity contribution is 6.31. The number of anilines is 1. The van der Waals surface area contributed by atoms with Crippen molar-refractivity contribution >= 4 is 39.7 Å². The molecule has 0 radical (unpaired) electrons. The summed E-state index contributed by atoms with van der Waals surface area (Å²) in [5, 5.41) is 10.2. The van der Waals surface area contributed by atoms with Crippen LogP contribution < -0.4 is 20.3 Å². The van der Waals surface area contributed by atoms with Crippen molar-refractivity contribution in [1.82, 2.24) is 19.8 Å². The molecule has 4 rings (SSSR count). The predicted molar refractivity (Wildman–Crippen MR) is 104 cm³/mol. The molecule has 0 aliphatic heterocycles. The Morgan fingerprint density at radius 2 is 2.00 bits per heavy atom. The van der Waals surface area contributed by atoms with Gasteiger partial charge in [-0.05, 0) is 30.3 Å². The zero-order chi connectivity index (χ0) is 19.8. The third kappa shape index (κ3) is 2.91. The van der Waals surface area contributed by atoms with Crippen LogP contribution in [0.4, 0.5) is 5.69 Å². The summed E-state index contributed by atoms with van der Waals surface area (Å²) in [6, 6.07) is 9.76. The van der Waals surface area contributed by atoms with Crippen LogP contribution in [0, 0.1) is 0 Å². The first-order chi connectivity index (χ1) is 13.5. The minimum atomic E-state index is -0.553. The Labute approximate surface area is 162 Å². The number of hydrogen-bond acceptors (Lipinski definition) is 6. The summed E-state index contributed by atoms with van der Waals surface area (Å²) in [6.45, 7) is 0. The molecule has 2 heterocycles. The van der Waals surface area contributed by atoms with E-state index in [2.05, 4.69) is 20.6 Å². The van der Waals surface area contributed by atoms with Gasteiger partial charge in [0, 0.05) is 11.1 Å². The number of rotatable bonds is 4. The fourth-order valence-electron chi connectivity index (χ4n) is 2.84. The highest BCUT2D eigenvalue weighted by atomic mass is 35.5. The van der Waals surface area contributed by atoms with E-state index in [1.807, 2.05) is 0 Å². The smallest absolute Gasteiger partial charge is 0.281 e. The van der Waals surface area contributed by atoms with E-state index in [0.29, 0.717) is 33.1 Å². The minimum Gasteiger partial charge on any atom is -0.497 e. The molecule has 0 spiro atoms. The summed E-state index contributed by atoms with van der Waals surface area (Å²) in [4.78, 5) is 29.1. The zero-order valence-electron chi connectivity index (χ0n) is 14.8. The predicted octanol–water partition coefficient (Wildman–Crippen LogP) is 2.49. The minimum absolute atomic E-state index is 0.0354. The molecule has 2 N–H and O–H groups in total. The Hall–Kier alpha value is -3.59. The Kier molecular flexibility index (Phi) is 4.36. The topological polar surface area (TPSA) is 111 Å². The number of aromatic nitrogens is 4. The Morgan fingerprint density at radius 1 is 1.18 bits per heavy atom. The average molecular weight is 400 g/mol. The molecule has 4 aromatic rings.